The van der Waals surface area contributed by atoms with Gasteiger partial charge in [0.15, 0.2) is 0 Å². The van der Waals surface area contributed by atoms with E-state index in [2.05, 4.69) is 10.6 Å². The Labute approximate surface area is 163 Å². The molecule has 0 spiro atoms. The minimum atomic E-state index is -0.992. The summed E-state index contributed by atoms with van der Waals surface area (Å²) >= 11 is 0. The van der Waals surface area contributed by atoms with Gasteiger partial charge < -0.3 is 15.5 Å². The Morgan fingerprint density at radius 3 is 2.39 bits per heavy atom. The molecule has 0 unspecified atom stereocenters. The van der Waals surface area contributed by atoms with Gasteiger partial charge in [-0.15, -0.1) is 0 Å². The monoisotopic (exact) mass is 377 g/mol. The average Bonchev–Trinajstić information content (AvgIpc) is 3.49. The zero-order valence-electron chi connectivity index (χ0n) is 15.8. The molecule has 0 aromatic heterocycles. The number of nitrogens with zero attached hydrogens (tertiary/aromatic N) is 1. The van der Waals surface area contributed by atoms with Gasteiger partial charge in [-0.25, -0.2) is 0 Å². The van der Waals surface area contributed by atoms with Gasteiger partial charge in [0.25, 0.3) is 0 Å². The molecular weight excluding hydrogens is 354 g/mol. The lowest BCUT2D eigenvalue weighted by Gasteiger charge is -2.32. The molecule has 1 aliphatic carbocycles. The summed E-state index contributed by atoms with van der Waals surface area (Å²) in [5.41, 5.74) is 2.25. The molecular formula is C22H23N3O3. The number of rotatable bonds is 4. The van der Waals surface area contributed by atoms with E-state index in [1.165, 1.54) is 6.92 Å². The summed E-state index contributed by atoms with van der Waals surface area (Å²) in [4.78, 5) is 39.3. The number of aryl methyl sites for hydroxylation is 1. The molecule has 144 valence electrons. The van der Waals surface area contributed by atoms with Gasteiger partial charge >= 0.3 is 0 Å². The highest BCUT2D eigenvalue weighted by atomic mass is 16.2. The number of carbonyl (C=O) groups is 3. The van der Waals surface area contributed by atoms with Crippen molar-refractivity contribution in [1.29, 1.82) is 0 Å². The van der Waals surface area contributed by atoms with Crippen LogP contribution in [-0.4, -0.2) is 24.3 Å². The molecule has 2 aliphatic rings. The van der Waals surface area contributed by atoms with Gasteiger partial charge in [0.2, 0.25) is 17.7 Å². The van der Waals surface area contributed by atoms with Gasteiger partial charge in [0.05, 0.1) is 0 Å². The number of benzene rings is 2. The van der Waals surface area contributed by atoms with E-state index in [4.69, 9.17) is 0 Å². The van der Waals surface area contributed by atoms with Crippen LogP contribution in [0.15, 0.2) is 48.5 Å². The average molecular weight is 377 g/mol. The number of fused-ring (bicyclic) bond motifs is 1. The standard InChI is InChI=1S/C22H23N3O3/c1-15(26)23-17-8-4-9-18(14-17)24-20(27)22(11-12-22)21(28)25-13-5-7-16-6-2-3-10-19(16)25/h2-4,6,8-10,14H,5,7,11-13H2,1H3,(H,23,26)(H,24,27). The topological polar surface area (TPSA) is 78.5 Å². The van der Waals surface area contributed by atoms with E-state index in [-0.39, 0.29) is 17.7 Å². The summed E-state index contributed by atoms with van der Waals surface area (Å²) in [6.07, 6.45) is 2.97. The second kappa shape index (κ2) is 7.11. The number of nitrogens with one attached hydrogen (secondary N) is 2. The van der Waals surface area contributed by atoms with Crippen molar-refractivity contribution >= 4 is 34.8 Å². The maximum atomic E-state index is 13.3. The molecule has 2 N–H and O–H groups in total. The quantitative estimate of drug-likeness (QED) is 0.802. The molecule has 1 fully saturated rings. The molecule has 0 bridgehead atoms. The Morgan fingerprint density at radius 2 is 1.68 bits per heavy atom. The van der Waals surface area contributed by atoms with Crippen molar-refractivity contribution in [2.24, 2.45) is 5.41 Å². The normalized spacial score (nSPS) is 16.7. The highest BCUT2D eigenvalue weighted by molar-refractivity contribution is 6.18. The van der Waals surface area contributed by atoms with Crippen LogP contribution in [0.2, 0.25) is 0 Å². The first-order valence-corrected chi connectivity index (χ1v) is 9.59. The van der Waals surface area contributed by atoms with Crippen molar-refractivity contribution in [2.75, 3.05) is 22.1 Å². The highest BCUT2D eigenvalue weighted by Crippen LogP contribution is 2.49. The minimum absolute atomic E-state index is 0.116. The van der Waals surface area contributed by atoms with Crippen molar-refractivity contribution in [2.45, 2.75) is 32.6 Å². The first kappa shape index (κ1) is 18.2. The van der Waals surface area contributed by atoms with Crippen LogP contribution in [0.3, 0.4) is 0 Å². The van der Waals surface area contributed by atoms with Crippen LogP contribution >= 0.6 is 0 Å². The third kappa shape index (κ3) is 3.38. The minimum Gasteiger partial charge on any atom is -0.326 e. The molecule has 0 saturated heterocycles. The summed E-state index contributed by atoms with van der Waals surface area (Å²) in [6.45, 7) is 2.07. The van der Waals surface area contributed by atoms with Crippen LogP contribution in [0.4, 0.5) is 17.1 Å². The fourth-order valence-corrected chi connectivity index (χ4v) is 3.79. The lowest BCUT2D eigenvalue weighted by Crippen LogP contribution is -2.45. The molecule has 6 heteroatoms. The van der Waals surface area contributed by atoms with E-state index < -0.39 is 5.41 Å². The molecule has 2 aromatic rings. The van der Waals surface area contributed by atoms with E-state index in [9.17, 15) is 14.4 Å². The second-order valence-corrected chi connectivity index (χ2v) is 7.49. The Bertz CT molecular complexity index is 950. The molecule has 0 radical (unpaired) electrons. The summed E-state index contributed by atoms with van der Waals surface area (Å²) < 4.78 is 0. The maximum Gasteiger partial charge on any atom is 0.242 e. The van der Waals surface area contributed by atoms with Gasteiger partial charge in [0.1, 0.15) is 5.41 Å². The smallest absolute Gasteiger partial charge is 0.242 e. The highest BCUT2D eigenvalue weighted by Gasteiger charge is 2.58. The van der Waals surface area contributed by atoms with Gasteiger partial charge in [-0.05, 0) is 55.5 Å². The Balaban J connectivity index is 1.52. The first-order valence-electron chi connectivity index (χ1n) is 9.59. The molecule has 0 atom stereocenters. The molecule has 6 nitrogen and oxygen atoms in total. The molecule has 2 aromatic carbocycles. The van der Waals surface area contributed by atoms with Crippen molar-refractivity contribution in [3.63, 3.8) is 0 Å². The predicted molar refractivity (Wildman–Crippen MR) is 108 cm³/mol. The fourth-order valence-electron chi connectivity index (χ4n) is 3.79. The van der Waals surface area contributed by atoms with Crippen molar-refractivity contribution in [1.82, 2.24) is 0 Å². The van der Waals surface area contributed by atoms with Crippen LogP contribution in [0.25, 0.3) is 0 Å². The molecule has 1 aliphatic heterocycles. The summed E-state index contributed by atoms with van der Waals surface area (Å²) in [6, 6.07) is 14.9. The number of para-hydroxylation sites is 1. The van der Waals surface area contributed by atoms with E-state index in [0.717, 1.165) is 24.1 Å². The first-order chi connectivity index (χ1) is 13.5. The molecule has 28 heavy (non-hydrogen) atoms. The van der Waals surface area contributed by atoms with E-state index >= 15 is 0 Å². The van der Waals surface area contributed by atoms with E-state index in [1.54, 1.807) is 29.2 Å². The third-order valence-electron chi connectivity index (χ3n) is 5.39. The maximum absolute atomic E-state index is 13.3. The second-order valence-electron chi connectivity index (χ2n) is 7.49. The Kier molecular flexibility index (Phi) is 4.63. The van der Waals surface area contributed by atoms with Crippen LogP contribution < -0.4 is 15.5 Å². The van der Waals surface area contributed by atoms with Crippen molar-refractivity contribution in [3.05, 3.63) is 54.1 Å². The lowest BCUT2D eigenvalue weighted by atomic mass is 9.97. The summed E-state index contributed by atoms with van der Waals surface area (Å²) in [5.74, 6) is -0.572. The summed E-state index contributed by atoms with van der Waals surface area (Å²) in [5, 5.41) is 5.56. The van der Waals surface area contributed by atoms with Crippen molar-refractivity contribution < 1.29 is 14.4 Å². The van der Waals surface area contributed by atoms with Crippen LogP contribution in [-0.2, 0) is 20.8 Å². The molecule has 4 rings (SSSR count). The SMILES string of the molecule is CC(=O)Nc1cccc(NC(=O)C2(C(=O)N3CCCc4ccccc43)CC2)c1. The van der Waals surface area contributed by atoms with Crippen LogP contribution in [0.1, 0.15) is 31.7 Å². The molecule has 3 amide bonds. The lowest BCUT2D eigenvalue weighted by molar-refractivity contribution is -0.132. The van der Waals surface area contributed by atoms with Gasteiger partial charge in [0, 0.05) is 30.5 Å². The van der Waals surface area contributed by atoms with Gasteiger partial charge in [-0.1, -0.05) is 24.3 Å². The molecule has 1 saturated carbocycles. The number of amides is 3. The van der Waals surface area contributed by atoms with Gasteiger partial charge in [-0.2, -0.15) is 0 Å². The Hall–Kier alpha value is -3.15. The third-order valence-corrected chi connectivity index (χ3v) is 5.39. The summed E-state index contributed by atoms with van der Waals surface area (Å²) in [7, 11) is 0. The van der Waals surface area contributed by atoms with Crippen LogP contribution in [0.5, 0.6) is 0 Å². The predicted octanol–water partition coefficient (Wildman–Crippen LogP) is 3.34. The zero-order chi connectivity index (χ0) is 19.7. The number of hydrogen-bond donors (Lipinski definition) is 2. The largest absolute Gasteiger partial charge is 0.326 e. The van der Waals surface area contributed by atoms with Crippen molar-refractivity contribution in [3.8, 4) is 0 Å². The van der Waals surface area contributed by atoms with E-state index in [0.29, 0.717) is 30.8 Å². The number of carbonyl (C=O) groups excluding carboxylic acids is 3. The number of anilines is 3. The van der Waals surface area contributed by atoms with Gasteiger partial charge in [-0.3, -0.25) is 14.4 Å². The van der Waals surface area contributed by atoms with Crippen LogP contribution in [0, 0.1) is 5.41 Å². The fraction of sp³-hybridized carbons (Fsp3) is 0.318. The zero-order valence-corrected chi connectivity index (χ0v) is 15.8. The number of hydrogen-bond acceptors (Lipinski definition) is 3. The molecule has 1 heterocycles. The Morgan fingerprint density at radius 1 is 0.964 bits per heavy atom. The van der Waals surface area contributed by atoms with E-state index in [1.807, 2.05) is 24.3 Å².